The molecule has 0 bridgehead atoms. The highest BCUT2D eigenvalue weighted by Crippen LogP contribution is 2.30. The van der Waals surface area contributed by atoms with Gasteiger partial charge >= 0.3 is 0 Å². The fourth-order valence-corrected chi connectivity index (χ4v) is 2.68. The first-order valence-electron chi connectivity index (χ1n) is 6.95. The van der Waals surface area contributed by atoms with E-state index in [-0.39, 0.29) is 17.7 Å². The predicted octanol–water partition coefficient (Wildman–Crippen LogP) is 1.33. The van der Waals surface area contributed by atoms with Crippen LogP contribution in [0.5, 0.6) is 0 Å². The van der Waals surface area contributed by atoms with Crippen molar-refractivity contribution in [3.63, 3.8) is 0 Å². The van der Waals surface area contributed by atoms with Gasteiger partial charge in [-0.15, -0.1) is 0 Å². The SMILES string of the molecule is CC(C)C[C@@H](C#N)NC(=O)[C@@H]1CCCC[C@@H]1C(N)=O. The Hall–Kier alpha value is -1.57. The number of carbonyl (C=O) groups is 2. The van der Waals surface area contributed by atoms with E-state index >= 15 is 0 Å². The summed E-state index contributed by atoms with van der Waals surface area (Å²) in [5.41, 5.74) is 5.36. The van der Waals surface area contributed by atoms with Gasteiger partial charge in [0.2, 0.25) is 11.8 Å². The average molecular weight is 265 g/mol. The van der Waals surface area contributed by atoms with E-state index in [4.69, 9.17) is 11.0 Å². The molecule has 3 atom stereocenters. The van der Waals surface area contributed by atoms with Gasteiger partial charge in [-0.3, -0.25) is 9.59 Å². The van der Waals surface area contributed by atoms with E-state index in [2.05, 4.69) is 11.4 Å². The predicted molar refractivity (Wildman–Crippen MR) is 71.6 cm³/mol. The molecule has 1 saturated carbocycles. The number of rotatable bonds is 5. The lowest BCUT2D eigenvalue weighted by molar-refractivity contribution is -0.135. The second-order valence-corrected chi connectivity index (χ2v) is 5.72. The lowest BCUT2D eigenvalue weighted by Gasteiger charge is -2.29. The zero-order valence-electron chi connectivity index (χ0n) is 11.7. The van der Waals surface area contributed by atoms with E-state index in [1.54, 1.807) is 0 Å². The normalized spacial score (nSPS) is 24.5. The molecule has 0 saturated heterocycles. The number of hydrogen-bond acceptors (Lipinski definition) is 3. The number of nitriles is 1. The molecule has 0 unspecified atom stereocenters. The minimum absolute atomic E-state index is 0.198. The van der Waals surface area contributed by atoms with Gasteiger partial charge in [-0.25, -0.2) is 0 Å². The molecular weight excluding hydrogens is 242 g/mol. The molecule has 5 nitrogen and oxygen atoms in total. The summed E-state index contributed by atoms with van der Waals surface area (Å²) in [5.74, 6) is -1.02. The second-order valence-electron chi connectivity index (χ2n) is 5.72. The minimum Gasteiger partial charge on any atom is -0.369 e. The molecule has 0 aromatic rings. The van der Waals surface area contributed by atoms with Crippen LogP contribution in [0.3, 0.4) is 0 Å². The molecule has 19 heavy (non-hydrogen) atoms. The van der Waals surface area contributed by atoms with E-state index in [9.17, 15) is 9.59 Å². The van der Waals surface area contributed by atoms with Crippen molar-refractivity contribution < 1.29 is 9.59 Å². The first-order valence-corrected chi connectivity index (χ1v) is 6.95. The average Bonchev–Trinajstić information content (AvgIpc) is 2.37. The van der Waals surface area contributed by atoms with Crippen LogP contribution in [0.25, 0.3) is 0 Å². The smallest absolute Gasteiger partial charge is 0.224 e. The summed E-state index contributed by atoms with van der Waals surface area (Å²) in [4.78, 5) is 23.6. The summed E-state index contributed by atoms with van der Waals surface area (Å²) in [7, 11) is 0. The molecular formula is C14H23N3O2. The zero-order chi connectivity index (χ0) is 14.4. The molecule has 1 fully saturated rings. The van der Waals surface area contributed by atoms with Gasteiger partial charge in [0.1, 0.15) is 6.04 Å². The molecule has 1 aliphatic rings. The van der Waals surface area contributed by atoms with Crippen LogP contribution < -0.4 is 11.1 Å². The molecule has 0 aromatic heterocycles. The van der Waals surface area contributed by atoms with Crippen LogP contribution in [0, 0.1) is 29.1 Å². The van der Waals surface area contributed by atoms with Crippen LogP contribution in [0.1, 0.15) is 46.0 Å². The topological polar surface area (TPSA) is 96.0 Å². The maximum atomic E-state index is 12.2. The lowest BCUT2D eigenvalue weighted by Crippen LogP contribution is -2.45. The number of nitrogens with one attached hydrogen (secondary N) is 1. The van der Waals surface area contributed by atoms with Crippen molar-refractivity contribution in [2.45, 2.75) is 52.0 Å². The largest absolute Gasteiger partial charge is 0.369 e. The summed E-state index contributed by atoms with van der Waals surface area (Å²) in [5, 5.41) is 11.8. The number of amides is 2. The first kappa shape index (κ1) is 15.5. The molecule has 0 radical (unpaired) electrons. The van der Waals surface area contributed by atoms with Gasteiger partial charge in [0.25, 0.3) is 0 Å². The maximum Gasteiger partial charge on any atom is 0.224 e. The Morgan fingerprint density at radius 3 is 2.37 bits per heavy atom. The van der Waals surface area contributed by atoms with Crippen molar-refractivity contribution in [1.29, 1.82) is 5.26 Å². The highest BCUT2D eigenvalue weighted by molar-refractivity contribution is 5.87. The standard InChI is InChI=1S/C14H23N3O2/c1-9(2)7-10(8-15)17-14(19)12-6-4-3-5-11(12)13(16)18/h9-12H,3-7H2,1-2H3,(H2,16,18)(H,17,19)/t10-,11-,12+/m0/s1. The van der Waals surface area contributed by atoms with Crippen LogP contribution in [-0.4, -0.2) is 17.9 Å². The van der Waals surface area contributed by atoms with Crippen LogP contribution in [0.15, 0.2) is 0 Å². The Kier molecular flexibility index (Phi) is 5.81. The van der Waals surface area contributed by atoms with Crippen molar-refractivity contribution in [1.82, 2.24) is 5.32 Å². The summed E-state index contributed by atoms with van der Waals surface area (Å²) in [6, 6.07) is 1.62. The molecule has 106 valence electrons. The Balaban J connectivity index is 2.64. The summed E-state index contributed by atoms with van der Waals surface area (Å²) in [6.07, 6.45) is 3.85. The summed E-state index contributed by atoms with van der Waals surface area (Å²) < 4.78 is 0. The number of nitrogens with two attached hydrogens (primary N) is 1. The van der Waals surface area contributed by atoms with Crippen LogP contribution in [-0.2, 0) is 9.59 Å². The van der Waals surface area contributed by atoms with Crippen LogP contribution >= 0.6 is 0 Å². The van der Waals surface area contributed by atoms with Gasteiger partial charge in [-0.2, -0.15) is 5.26 Å². The Bertz CT molecular complexity index is 373. The molecule has 0 spiro atoms. The van der Waals surface area contributed by atoms with E-state index in [0.717, 1.165) is 12.8 Å². The lowest BCUT2D eigenvalue weighted by atomic mass is 9.78. The molecule has 0 aromatic carbocycles. The summed E-state index contributed by atoms with van der Waals surface area (Å²) >= 11 is 0. The van der Waals surface area contributed by atoms with Gasteiger partial charge in [0.05, 0.1) is 6.07 Å². The van der Waals surface area contributed by atoms with Gasteiger partial charge < -0.3 is 11.1 Å². The molecule has 3 N–H and O–H groups in total. The molecule has 0 heterocycles. The van der Waals surface area contributed by atoms with Crippen molar-refractivity contribution in [3.05, 3.63) is 0 Å². The molecule has 0 aliphatic heterocycles. The molecule has 2 amide bonds. The summed E-state index contributed by atoms with van der Waals surface area (Å²) in [6.45, 7) is 4.01. The van der Waals surface area contributed by atoms with Gasteiger partial charge in [0, 0.05) is 11.8 Å². The van der Waals surface area contributed by atoms with E-state index in [0.29, 0.717) is 25.2 Å². The van der Waals surface area contributed by atoms with Crippen molar-refractivity contribution >= 4 is 11.8 Å². The molecule has 5 heteroatoms. The molecule has 1 aliphatic carbocycles. The van der Waals surface area contributed by atoms with Gasteiger partial charge in [0.15, 0.2) is 0 Å². The highest BCUT2D eigenvalue weighted by Gasteiger charge is 2.35. The van der Waals surface area contributed by atoms with E-state index in [1.165, 1.54) is 0 Å². The van der Waals surface area contributed by atoms with Gasteiger partial charge in [-0.1, -0.05) is 26.7 Å². The number of primary amides is 1. The van der Waals surface area contributed by atoms with Crippen molar-refractivity contribution in [3.8, 4) is 6.07 Å². The number of hydrogen-bond donors (Lipinski definition) is 2. The van der Waals surface area contributed by atoms with Crippen molar-refractivity contribution in [2.75, 3.05) is 0 Å². The fourth-order valence-electron chi connectivity index (χ4n) is 2.68. The quantitative estimate of drug-likeness (QED) is 0.785. The maximum absolute atomic E-state index is 12.2. The minimum atomic E-state index is -0.483. The third kappa shape index (κ3) is 4.55. The van der Waals surface area contributed by atoms with Crippen LogP contribution in [0.2, 0.25) is 0 Å². The zero-order valence-corrected chi connectivity index (χ0v) is 11.7. The fraction of sp³-hybridized carbons (Fsp3) is 0.786. The van der Waals surface area contributed by atoms with Crippen LogP contribution in [0.4, 0.5) is 0 Å². The third-order valence-corrected chi connectivity index (χ3v) is 3.65. The molecule has 1 rings (SSSR count). The highest BCUT2D eigenvalue weighted by atomic mass is 16.2. The van der Waals surface area contributed by atoms with E-state index < -0.39 is 11.9 Å². The first-order chi connectivity index (χ1) is 8.95. The Morgan fingerprint density at radius 1 is 1.32 bits per heavy atom. The third-order valence-electron chi connectivity index (χ3n) is 3.65. The Morgan fingerprint density at radius 2 is 1.89 bits per heavy atom. The Labute approximate surface area is 114 Å². The monoisotopic (exact) mass is 265 g/mol. The second kappa shape index (κ2) is 7.13. The van der Waals surface area contributed by atoms with Gasteiger partial charge in [-0.05, 0) is 25.2 Å². The number of carbonyl (C=O) groups excluding carboxylic acids is 2. The number of nitrogens with zero attached hydrogens (tertiary/aromatic N) is 1. The van der Waals surface area contributed by atoms with Crippen molar-refractivity contribution in [2.24, 2.45) is 23.5 Å². The van der Waals surface area contributed by atoms with E-state index in [1.807, 2.05) is 13.8 Å².